The van der Waals surface area contributed by atoms with Crippen LogP contribution in [0, 0.1) is 22.7 Å². The topological polar surface area (TPSA) is 96.5 Å². The van der Waals surface area contributed by atoms with E-state index in [2.05, 4.69) is 42.1 Å². The molecule has 1 saturated carbocycles. The number of nitrogens with one attached hydrogen (secondary N) is 1. The van der Waals surface area contributed by atoms with Gasteiger partial charge in [-0.3, -0.25) is 9.78 Å². The number of pyridine rings is 2. The molecular weight excluding hydrogens is 388 g/mol. The molecule has 3 atom stereocenters. The third kappa shape index (κ3) is 3.38. The number of fused-ring (bicyclic) bond motifs is 3. The van der Waals surface area contributed by atoms with Gasteiger partial charge < -0.3 is 5.32 Å². The van der Waals surface area contributed by atoms with Crippen LogP contribution < -0.4 is 5.32 Å². The molecule has 2 aliphatic rings. The minimum absolute atomic E-state index is 0.185. The summed E-state index contributed by atoms with van der Waals surface area (Å²) in [4.78, 5) is 22.3. The summed E-state index contributed by atoms with van der Waals surface area (Å²) in [7, 11) is 0. The van der Waals surface area contributed by atoms with Crippen molar-refractivity contribution in [2.45, 2.75) is 45.6 Å². The fourth-order valence-electron chi connectivity index (χ4n) is 4.53. The number of carbonyl (C=O) groups is 1. The second kappa shape index (κ2) is 7.02. The molecule has 5 rings (SSSR count). The average molecular weight is 412 g/mol. The van der Waals surface area contributed by atoms with Crippen molar-refractivity contribution in [3.05, 3.63) is 70.9 Å². The van der Waals surface area contributed by atoms with Crippen LogP contribution in [0.25, 0.3) is 5.82 Å². The zero-order valence-corrected chi connectivity index (χ0v) is 17.8. The minimum atomic E-state index is -0.244. The number of hydrogen-bond acceptors (Lipinski definition) is 5. The SMILES string of the molecule is CC(C)(C)[C@H](NC(=O)c1nn(-c2ccc(C#N)cn2)c2c1C[C@H]1C[C@@H]21)c1ccccn1. The molecule has 0 aliphatic heterocycles. The summed E-state index contributed by atoms with van der Waals surface area (Å²) in [5.74, 6) is 1.49. The molecule has 0 spiro atoms. The van der Waals surface area contributed by atoms with Crippen LogP contribution in [0.4, 0.5) is 0 Å². The molecule has 1 amide bonds. The maximum atomic E-state index is 13.4. The number of aromatic nitrogens is 4. The lowest BCUT2D eigenvalue weighted by molar-refractivity contribution is 0.0893. The molecular formula is C24H24N6O. The third-order valence-corrected chi connectivity index (χ3v) is 6.20. The highest BCUT2D eigenvalue weighted by molar-refractivity contribution is 5.94. The predicted octanol–water partition coefficient (Wildman–Crippen LogP) is 3.71. The summed E-state index contributed by atoms with van der Waals surface area (Å²) < 4.78 is 1.80. The molecule has 1 N–H and O–H groups in total. The molecule has 7 nitrogen and oxygen atoms in total. The van der Waals surface area contributed by atoms with Crippen molar-refractivity contribution >= 4 is 5.91 Å². The van der Waals surface area contributed by atoms with Crippen molar-refractivity contribution in [2.24, 2.45) is 11.3 Å². The molecule has 0 unspecified atom stereocenters. The van der Waals surface area contributed by atoms with Crippen LogP contribution in [-0.2, 0) is 6.42 Å². The Morgan fingerprint density at radius 1 is 1.26 bits per heavy atom. The van der Waals surface area contributed by atoms with Crippen LogP contribution in [0.1, 0.15) is 72.2 Å². The van der Waals surface area contributed by atoms with Gasteiger partial charge >= 0.3 is 0 Å². The van der Waals surface area contributed by atoms with Crippen LogP contribution >= 0.6 is 0 Å². The van der Waals surface area contributed by atoms with Gasteiger partial charge in [0.25, 0.3) is 5.91 Å². The number of carbonyl (C=O) groups excluding carboxylic acids is 1. The van der Waals surface area contributed by atoms with Gasteiger partial charge in [0.05, 0.1) is 23.0 Å². The van der Waals surface area contributed by atoms with E-state index in [1.54, 1.807) is 29.2 Å². The summed E-state index contributed by atoms with van der Waals surface area (Å²) in [6.45, 7) is 6.27. The molecule has 7 heteroatoms. The van der Waals surface area contributed by atoms with Crippen molar-refractivity contribution in [1.82, 2.24) is 25.1 Å². The first-order valence-corrected chi connectivity index (χ1v) is 10.6. The Morgan fingerprint density at radius 2 is 2.10 bits per heavy atom. The molecule has 3 aromatic heterocycles. The Kier molecular flexibility index (Phi) is 4.40. The summed E-state index contributed by atoms with van der Waals surface area (Å²) in [5.41, 5.74) is 3.70. The van der Waals surface area contributed by atoms with E-state index in [0.717, 1.165) is 29.8 Å². The predicted molar refractivity (Wildman–Crippen MR) is 115 cm³/mol. The van der Waals surface area contributed by atoms with E-state index in [-0.39, 0.29) is 17.4 Å². The fourth-order valence-corrected chi connectivity index (χ4v) is 4.53. The molecule has 0 bridgehead atoms. The Labute approximate surface area is 181 Å². The largest absolute Gasteiger partial charge is 0.342 e. The Balaban J connectivity index is 1.51. The van der Waals surface area contributed by atoms with E-state index in [0.29, 0.717) is 28.9 Å². The molecule has 31 heavy (non-hydrogen) atoms. The lowest BCUT2D eigenvalue weighted by atomic mass is 9.84. The zero-order valence-electron chi connectivity index (χ0n) is 17.8. The maximum absolute atomic E-state index is 13.4. The van der Waals surface area contributed by atoms with Crippen molar-refractivity contribution < 1.29 is 4.79 Å². The third-order valence-electron chi connectivity index (χ3n) is 6.20. The molecule has 0 saturated heterocycles. The lowest BCUT2D eigenvalue weighted by Crippen LogP contribution is -2.37. The number of nitriles is 1. The highest BCUT2D eigenvalue weighted by atomic mass is 16.2. The first-order chi connectivity index (χ1) is 14.9. The van der Waals surface area contributed by atoms with E-state index in [4.69, 9.17) is 10.4 Å². The summed E-state index contributed by atoms with van der Waals surface area (Å²) in [6, 6.07) is 11.1. The standard InChI is InChI=1S/C24H24N6O/c1-24(2,3)22(18-6-4-5-9-26-18)28-23(31)20-17-11-15-10-16(15)21(17)30(29-20)19-8-7-14(12-25)13-27-19/h4-9,13,15-16,22H,10-11H2,1-3H3,(H,28,31)/t15-,16-,22-/m1/s1. The Bertz CT molecular complexity index is 1180. The van der Waals surface area contributed by atoms with Crippen molar-refractivity contribution in [1.29, 1.82) is 5.26 Å². The van der Waals surface area contributed by atoms with E-state index in [9.17, 15) is 4.79 Å². The minimum Gasteiger partial charge on any atom is -0.342 e. The monoisotopic (exact) mass is 412 g/mol. The highest BCUT2D eigenvalue weighted by Crippen LogP contribution is 2.57. The van der Waals surface area contributed by atoms with E-state index >= 15 is 0 Å². The van der Waals surface area contributed by atoms with Gasteiger partial charge in [-0.05, 0) is 48.4 Å². The molecule has 0 radical (unpaired) electrons. The number of hydrogen-bond donors (Lipinski definition) is 1. The molecule has 0 aromatic carbocycles. The maximum Gasteiger partial charge on any atom is 0.272 e. The normalized spacial score (nSPS) is 19.8. The highest BCUT2D eigenvalue weighted by Gasteiger charge is 2.50. The van der Waals surface area contributed by atoms with Gasteiger partial charge in [0.1, 0.15) is 6.07 Å². The number of rotatable bonds is 4. The summed E-state index contributed by atoms with van der Waals surface area (Å²) in [6.07, 6.45) is 5.30. The van der Waals surface area contributed by atoms with Gasteiger partial charge in [0.2, 0.25) is 0 Å². The van der Waals surface area contributed by atoms with Gasteiger partial charge in [0.15, 0.2) is 11.5 Å². The fraction of sp³-hybridized carbons (Fsp3) is 0.375. The average Bonchev–Trinajstić information content (AvgIpc) is 3.26. The quantitative estimate of drug-likeness (QED) is 0.705. The molecule has 2 aliphatic carbocycles. The Morgan fingerprint density at radius 3 is 2.74 bits per heavy atom. The zero-order chi connectivity index (χ0) is 21.8. The molecule has 3 heterocycles. The van der Waals surface area contributed by atoms with Gasteiger partial charge in [-0.25, -0.2) is 9.67 Å². The van der Waals surface area contributed by atoms with E-state index < -0.39 is 0 Å². The first-order valence-electron chi connectivity index (χ1n) is 10.6. The lowest BCUT2D eigenvalue weighted by Gasteiger charge is -2.30. The van der Waals surface area contributed by atoms with E-state index in [1.165, 1.54) is 0 Å². The van der Waals surface area contributed by atoms with Gasteiger partial charge in [0, 0.05) is 23.9 Å². The second-order valence-electron chi connectivity index (χ2n) is 9.47. The van der Waals surface area contributed by atoms with Crippen molar-refractivity contribution in [3.8, 4) is 11.9 Å². The molecule has 1 fully saturated rings. The van der Waals surface area contributed by atoms with Crippen molar-refractivity contribution in [3.63, 3.8) is 0 Å². The van der Waals surface area contributed by atoms with Gasteiger partial charge in [-0.2, -0.15) is 10.4 Å². The summed E-state index contributed by atoms with van der Waals surface area (Å²) >= 11 is 0. The molecule has 3 aromatic rings. The molecule has 156 valence electrons. The summed E-state index contributed by atoms with van der Waals surface area (Å²) in [5, 5.41) is 16.9. The van der Waals surface area contributed by atoms with Gasteiger partial charge in [-0.15, -0.1) is 0 Å². The smallest absolute Gasteiger partial charge is 0.272 e. The van der Waals surface area contributed by atoms with Crippen LogP contribution in [0.5, 0.6) is 0 Å². The van der Waals surface area contributed by atoms with Crippen LogP contribution in [-0.4, -0.2) is 25.7 Å². The van der Waals surface area contributed by atoms with Crippen LogP contribution in [0.15, 0.2) is 42.7 Å². The van der Waals surface area contributed by atoms with E-state index in [1.807, 2.05) is 18.2 Å². The first kappa shape index (κ1) is 19.4. The van der Waals surface area contributed by atoms with Crippen molar-refractivity contribution in [2.75, 3.05) is 0 Å². The number of nitrogens with zero attached hydrogens (tertiary/aromatic N) is 5. The Hall–Kier alpha value is -3.53. The second-order valence-corrected chi connectivity index (χ2v) is 9.47. The number of amides is 1. The van der Waals surface area contributed by atoms with Crippen LogP contribution in [0.2, 0.25) is 0 Å². The van der Waals surface area contributed by atoms with Gasteiger partial charge in [-0.1, -0.05) is 26.8 Å². The van der Waals surface area contributed by atoms with Crippen LogP contribution in [0.3, 0.4) is 0 Å².